The van der Waals surface area contributed by atoms with Crippen molar-refractivity contribution in [2.45, 2.75) is 25.9 Å². The largest absolute Gasteiger partial charge is 0.338 e. The van der Waals surface area contributed by atoms with Crippen LogP contribution in [-0.4, -0.2) is 23.9 Å². The molecule has 0 spiro atoms. The number of nitrogens with zero attached hydrogens (tertiary/aromatic N) is 1. The summed E-state index contributed by atoms with van der Waals surface area (Å²) < 4.78 is 0. The van der Waals surface area contributed by atoms with E-state index in [4.69, 9.17) is 0 Å². The van der Waals surface area contributed by atoms with Crippen LogP contribution in [0.5, 0.6) is 0 Å². The number of likely N-dealkylation sites (tertiary alicyclic amines) is 1. The smallest absolute Gasteiger partial charge is 0.223 e. The molecule has 0 saturated carbocycles. The third kappa shape index (κ3) is 4.04. The van der Waals surface area contributed by atoms with Gasteiger partial charge in [0.1, 0.15) is 0 Å². The van der Waals surface area contributed by atoms with Gasteiger partial charge in [0.05, 0.1) is 0 Å². The van der Waals surface area contributed by atoms with Crippen LogP contribution in [0.3, 0.4) is 0 Å². The Morgan fingerprint density at radius 1 is 1.00 bits per heavy atom. The highest BCUT2D eigenvalue weighted by Crippen LogP contribution is 2.25. The Morgan fingerprint density at radius 2 is 1.74 bits per heavy atom. The topological polar surface area (TPSA) is 32.3 Å². The molecular weight excluding hydrogens is 332 g/mol. The molecule has 27 heavy (non-hydrogen) atoms. The number of rotatable bonds is 6. The summed E-state index contributed by atoms with van der Waals surface area (Å²) in [6, 6.07) is 25.5. The summed E-state index contributed by atoms with van der Waals surface area (Å²) in [5, 5.41) is 6.23. The fourth-order valence-corrected chi connectivity index (χ4v) is 4.03. The molecule has 0 aliphatic carbocycles. The van der Waals surface area contributed by atoms with Crippen LogP contribution < -0.4 is 5.32 Å². The Balaban J connectivity index is 1.37. The van der Waals surface area contributed by atoms with Crippen molar-refractivity contribution < 1.29 is 4.79 Å². The predicted octanol–water partition coefficient (Wildman–Crippen LogP) is 4.54. The van der Waals surface area contributed by atoms with E-state index in [9.17, 15) is 4.79 Å². The fourth-order valence-electron chi connectivity index (χ4n) is 4.03. The van der Waals surface area contributed by atoms with Gasteiger partial charge < -0.3 is 10.2 Å². The molecule has 1 unspecified atom stereocenters. The molecule has 3 nitrogen and oxygen atoms in total. The van der Waals surface area contributed by atoms with Gasteiger partial charge in [-0.2, -0.15) is 0 Å². The van der Waals surface area contributed by atoms with Crippen molar-refractivity contribution in [2.24, 2.45) is 5.92 Å². The highest BCUT2D eigenvalue weighted by atomic mass is 16.2. The summed E-state index contributed by atoms with van der Waals surface area (Å²) in [5.74, 6) is 0.641. The first-order valence-electron chi connectivity index (χ1n) is 9.73. The zero-order valence-electron chi connectivity index (χ0n) is 15.8. The Labute approximate surface area is 161 Å². The first-order chi connectivity index (χ1) is 13.2. The van der Waals surface area contributed by atoms with Gasteiger partial charge in [0.2, 0.25) is 5.91 Å². The maximum Gasteiger partial charge on any atom is 0.223 e. The van der Waals surface area contributed by atoms with Crippen LogP contribution in [-0.2, 0) is 11.3 Å². The Morgan fingerprint density at radius 3 is 2.59 bits per heavy atom. The lowest BCUT2D eigenvalue weighted by Gasteiger charge is -2.20. The number of amides is 1. The number of benzene rings is 3. The van der Waals surface area contributed by atoms with Gasteiger partial charge in [-0.1, -0.05) is 72.8 Å². The molecule has 1 saturated heterocycles. The highest BCUT2D eigenvalue weighted by molar-refractivity contribution is 5.86. The van der Waals surface area contributed by atoms with Gasteiger partial charge in [-0.3, -0.25) is 4.79 Å². The van der Waals surface area contributed by atoms with E-state index in [1.165, 1.54) is 21.9 Å². The van der Waals surface area contributed by atoms with E-state index in [0.29, 0.717) is 12.3 Å². The van der Waals surface area contributed by atoms with Gasteiger partial charge in [0, 0.05) is 32.1 Å². The van der Waals surface area contributed by atoms with Crippen molar-refractivity contribution in [3.8, 4) is 0 Å². The maximum absolute atomic E-state index is 12.4. The number of carbonyl (C=O) groups excluding carboxylic acids is 1. The molecule has 1 aliphatic heterocycles. The first kappa shape index (κ1) is 17.7. The van der Waals surface area contributed by atoms with E-state index >= 15 is 0 Å². The maximum atomic E-state index is 12.4. The lowest BCUT2D eigenvalue weighted by molar-refractivity contribution is -0.128. The van der Waals surface area contributed by atoms with Crippen LogP contribution in [0.1, 0.15) is 30.5 Å². The van der Waals surface area contributed by atoms with Crippen LogP contribution in [0.2, 0.25) is 0 Å². The van der Waals surface area contributed by atoms with Gasteiger partial charge in [0.25, 0.3) is 0 Å². The first-order valence-corrected chi connectivity index (χ1v) is 9.73. The van der Waals surface area contributed by atoms with Crippen molar-refractivity contribution in [1.82, 2.24) is 10.2 Å². The monoisotopic (exact) mass is 358 g/mol. The number of carbonyl (C=O) groups is 1. The third-order valence-electron chi connectivity index (χ3n) is 5.51. The van der Waals surface area contributed by atoms with E-state index in [1.54, 1.807) is 0 Å². The molecule has 1 fully saturated rings. The average Bonchev–Trinajstić information content (AvgIpc) is 3.06. The lowest BCUT2D eigenvalue weighted by Crippen LogP contribution is -2.29. The van der Waals surface area contributed by atoms with E-state index in [2.05, 4.69) is 66.8 Å². The number of hydrogen-bond donors (Lipinski definition) is 1. The van der Waals surface area contributed by atoms with Crippen LogP contribution in [0, 0.1) is 5.92 Å². The molecule has 3 aromatic carbocycles. The minimum absolute atomic E-state index is 0.259. The Bertz CT molecular complexity index is 917. The van der Waals surface area contributed by atoms with Crippen LogP contribution in [0.15, 0.2) is 72.8 Å². The zero-order valence-corrected chi connectivity index (χ0v) is 15.8. The summed E-state index contributed by atoms with van der Waals surface area (Å²) in [7, 11) is 0. The van der Waals surface area contributed by atoms with E-state index < -0.39 is 0 Å². The molecular formula is C24H26N2O. The van der Waals surface area contributed by atoms with Crippen LogP contribution in [0.25, 0.3) is 10.8 Å². The molecule has 0 aromatic heterocycles. The fraction of sp³-hybridized carbons (Fsp3) is 0.292. The third-order valence-corrected chi connectivity index (χ3v) is 5.51. The van der Waals surface area contributed by atoms with Crippen molar-refractivity contribution in [3.63, 3.8) is 0 Å². The Kier molecular flexibility index (Phi) is 5.21. The Hall–Kier alpha value is -2.65. The van der Waals surface area contributed by atoms with Gasteiger partial charge in [-0.05, 0) is 34.7 Å². The molecule has 1 N–H and O–H groups in total. The summed E-state index contributed by atoms with van der Waals surface area (Å²) in [6.07, 6.45) is 0.641. The molecule has 0 radical (unpaired) electrons. The molecule has 138 valence electrons. The summed E-state index contributed by atoms with van der Waals surface area (Å²) in [4.78, 5) is 14.4. The minimum atomic E-state index is 0.259. The molecule has 3 aromatic rings. The van der Waals surface area contributed by atoms with Crippen molar-refractivity contribution in [2.75, 3.05) is 13.1 Å². The molecule has 0 bridgehead atoms. The molecule has 1 heterocycles. The molecule has 4 rings (SSSR count). The summed E-state index contributed by atoms with van der Waals surface area (Å²) >= 11 is 0. The van der Waals surface area contributed by atoms with E-state index in [0.717, 1.165) is 19.6 Å². The second-order valence-corrected chi connectivity index (χ2v) is 7.53. The SMILES string of the molecule is C[C@@H](NCC1CC(=O)N(Cc2ccccc2)C1)c1cccc2ccccc12. The van der Waals surface area contributed by atoms with Crippen molar-refractivity contribution >= 4 is 16.7 Å². The molecule has 1 amide bonds. The van der Waals surface area contributed by atoms with Gasteiger partial charge in [-0.25, -0.2) is 0 Å². The zero-order chi connectivity index (χ0) is 18.6. The van der Waals surface area contributed by atoms with E-state index in [-0.39, 0.29) is 11.9 Å². The van der Waals surface area contributed by atoms with E-state index in [1.807, 2.05) is 23.1 Å². The van der Waals surface area contributed by atoms with Crippen molar-refractivity contribution in [1.29, 1.82) is 0 Å². The number of hydrogen-bond acceptors (Lipinski definition) is 2. The average molecular weight is 358 g/mol. The van der Waals surface area contributed by atoms with Crippen LogP contribution in [0.4, 0.5) is 0 Å². The molecule has 1 aliphatic rings. The van der Waals surface area contributed by atoms with Crippen LogP contribution >= 0.6 is 0 Å². The van der Waals surface area contributed by atoms with Gasteiger partial charge >= 0.3 is 0 Å². The van der Waals surface area contributed by atoms with Gasteiger partial charge in [-0.15, -0.1) is 0 Å². The van der Waals surface area contributed by atoms with Crippen molar-refractivity contribution in [3.05, 3.63) is 83.9 Å². The second kappa shape index (κ2) is 7.93. The summed E-state index contributed by atoms with van der Waals surface area (Å²) in [6.45, 7) is 4.62. The highest BCUT2D eigenvalue weighted by Gasteiger charge is 2.29. The standard InChI is InChI=1S/C24H26N2O/c1-18(22-13-7-11-21-10-5-6-12-23(21)22)25-15-20-14-24(27)26(17-20)16-19-8-3-2-4-9-19/h2-13,18,20,25H,14-17H2,1H3/t18-,20?/m1/s1. The molecule has 2 atom stereocenters. The second-order valence-electron chi connectivity index (χ2n) is 7.53. The molecule has 3 heteroatoms. The number of fused-ring (bicyclic) bond motifs is 1. The lowest BCUT2D eigenvalue weighted by atomic mass is 9.99. The normalized spacial score (nSPS) is 18.2. The minimum Gasteiger partial charge on any atom is -0.338 e. The number of nitrogens with one attached hydrogen (secondary N) is 1. The summed E-state index contributed by atoms with van der Waals surface area (Å²) in [5.41, 5.74) is 2.52. The van der Waals surface area contributed by atoms with Gasteiger partial charge in [0.15, 0.2) is 0 Å². The predicted molar refractivity (Wildman–Crippen MR) is 110 cm³/mol. The quantitative estimate of drug-likeness (QED) is 0.702.